The van der Waals surface area contributed by atoms with E-state index >= 15 is 0 Å². The standard InChI is InChI=1S/C19H25F2N3/c1-13(2)8-16-10-22-23-19(16)15-4-3-7-24(12-15)11-14-5-6-17(20)9-18(14)21/h5-6,9-10,13,15H,3-4,7-8,11-12H2,1-2H3,(H,22,23). The quantitative estimate of drug-likeness (QED) is 0.886. The maximum atomic E-state index is 13.9. The zero-order valence-corrected chi connectivity index (χ0v) is 14.4. The van der Waals surface area contributed by atoms with Gasteiger partial charge in [-0.15, -0.1) is 0 Å². The van der Waals surface area contributed by atoms with E-state index in [-0.39, 0.29) is 0 Å². The van der Waals surface area contributed by atoms with Crippen molar-refractivity contribution in [2.45, 2.75) is 45.6 Å². The summed E-state index contributed by atoms with van der Waals surface area (Å²) in [6, 6.07) is 3.84. The summed E-state index contributed by atoms with van der Waals surface area (Å²) >= 11 is 0. The Kier molecular flexibility index (Phi) is 5.29. The van der Waals surface area contributed by atoms with E-state index in [1.54, 1.807) is 6.07 Å². The fourth-order valence-corrected chi connectivity index (χ4v) is 3.60. The number of piperidine rings is 1. The van der Waals surface area contributed by atoms with Gasteiger partial charge in [-0.25, -0.2) is 8.78 Å². The van der Waals surface area contributed by atoms with Crippen molar-refractivity contribution in [2.75, 3.05) is 13.1 Å². The molecule has 3 rings (SSSR count). The molecule has 2 aromatic rings. The van der Waals surface area contributed by atoms with Gasteiger partial charge in [0.05, 0.1) is 6.20 Å². The molecule has 0 bridgehead atoms. The van der Waals surface area contributed by atoms with E-state index in [2.05, 4.69) is 28.9 Å². The van der Waals surface area contributed by atoms with Gasteiger partial charge in [-0.3, -0.25) is 10.00 Å². The first-order valence-corrected chi connectivity index (χ1v) is 8.71. The van der Waals surface area contributed by atoms with Gasteiger partial charge in [0.1, 0.15) is 11.6 Å². The summed E-state index contributed by atoms with van der Waals surface area (Å²) in [6.07, 6.45) is 5.16. The van der Waals surface area contributed by atoms with Gasteiger partial charge in [0.2, 0.25) is 0 Å². The van der Waals surface area contributed by atoms with Crippen LogP contribution in [0.4, 0.5) is 8.78 Å². The fourth-order valence-electron chi connectivity index (χ4n) is 3.60. The van der Waals surface area contributed by atoms with Gasteiger partial charge in [0, 0.05) is 36.3 Å². The van der Waals surface area contributed by atoms with Crippen molar-refractivity contribution in [1.82, 2.24) is 15.1 Å². The molecule has 1 fully saturated rings. The maximum Gasteiger partial charge on any atom is 0.130 e. The van der Waals surface area contributed by atoms with Crippen LogP contribution in [-0.2, 0) is 13.0 Å². The van der Waals surface area contributed by atoms with Crippen molar-refractivity contribution >= 4 is 0 Å². The van der Waals surface area contributed by atoms with Crippen LogP contribution in [0, 0.1) is 17.6 Å². The van der Waals surface area contributed by atoms with E-state index in [9.17, 15) is 8.78 Å². The van der Waals surface area contributed by atoms with Crippen LogP contribution < -0.4 is 0 Å². The van der Waals surface area contributed by atoms with Crippen LogP contribution in [0.1, 0.15) is 49.4 Å². The predicted octanol–water partition coefficient (Wildman–Crippen LogP) is 4.27. The number of nitrogens with zero attached hydrogens (tertiary/aromatic N) is 2. The Bertz CT molecular complexity index is 681. The molecule has 0 amide bonds. The summed E-state index contributed by atoms with van der Waals surface area (Å²) in [7, 11) is 0. The molecular formula is C19H25F2N3. The van der Waals surface area contributed by atoms with Gasteiger partial charge >= 0.3 is 0 Å². The van der Waals surface area contributed by atoms with Gasteiger partial charge in [0.25, 0.3) is 0 Å². The van der Waals surface area contributed by atoms with Crippen LogP contribution in [0.2, 0.25) is 0 Å². The monoisotopic (exact) mass is 333 g/mol. The van der Waals surface area contributed by atoms with Gasteiger partial charge in [-0.1, -0.05) is 19.9 Å². The highest BCUT2D eigenvalue weighted by Gasteiger charge is 2.25. The average molecular weight is 333 g/mol. The van der Waals surface area contributed by atoms with E-state index in [1.807, 2.05) is 6.20 Å². The maximum absolute atomic E-state index is 13.9. The number of aromatic nitrogens is 2. The third-order valence-corrected chi connectivity index (χ3v) is 4.70. The topological polar surface area (TPSA) is 31.9 Å². The van der Waals surface area contributed by atoms with Crippen LogP contribution in [0.5, 0.6) is 0 Å². The molecule has 0 aliphatic carbocycles. The third kappa shape index (κ3) is 4.01. The summed E-state index contributed by atoms with van der Waals surface area (Å²) in [5.74, 6) is 0.00980. The van der Waals surface area contributed by atoms with Gasteiger partial charge < -0.3 is 0 Å². The molecule has 5 heteroatoms. The van der Waals surface area contributed by atoms with E-state index in [0.29, 0.717) is 23.9 Å². The Morgan fingerprint density at radius 1 is 1.29 bits per heavy atom. The Morgan fingerprint density at radius 3 is 2.88 bits per heavy atom. The minimum Gasteiger partial charge on any atom is -0.298 e. The first kappa shape index (κ1) is 17.1. The van der Waals surface area contributed by atoms with Crippen LogP contribution in [0.25, 0.3) is 0 Å². The first-order valence-electron chi connectivity index (χ1n) is 8.71. The van der Waals surface area contributed by atoms with Crippen molar-refractivity contribution in [1.29, 1.82) is 0 Å². The van der Waals surface area contributed by atoms with Crippen LogP contribution in [0.15, 0.2) is 24.4 Å². The minimum atomic E-state index is -0.524. The van der Waals surface area contributed by atoms with E-state index in [1.165, 1.54) is 17.3 Å². The van der Waals surface area contributed by atoms with Gasteiger partial charge in [-0.05, 0) is 43.4 Å². The molecule has 2 heterocycles. The van der Waals surface area contributed by atoms with Crippen molar-refractivity contribution in [3.63, 3.8) is 0 Å². The summed E-state index contributed by atoms with van der Waals surface area (Å²) in [6.45, 7) is 6.77. The molecule has 0 radical (unpaired) electrons. The second kappa shape index (κ2) is 7.43. The molecule has 1 unspecified atom stereocenters. The molecular weight excluding hydrogens is 308 g/mol. The predicted molar refractivity (Wildman–Crippen MR) is 90.7 cm³/mol. The number of hydrogen-bond donors (Lipinski definition) is 1. The lowest BCUT2D eigenvalue weighted by atomic mass is 9.90. The normalized spacial score (nSPS) is 19.1. The number of likely N-dealkylation sites (tertiary alicyclic amines) is 1. The molecule has 1 aliphatic rings. The molecule has 1 aromatic heterocycles. The Morgan fingerprint density at radius 2 is 2.12 bits per heavy atom. The SMILES string of the molecule is CC(C)Cc1cn[nH]c1C1CCCN(Cc2ccc(F)cc2F)C1. The average Bonchev–Trinajstić information content (AvgIpc) is 2.98. The lowest BCUT2D eigenvalue weighted by Gasteiger charge is -2.33. The van der Waals surface area contributed by atoms with Crippen LogP contribution >= 0.6 is 0 Å². The summed E-state index contributed by atoms with van der Waals surface area (Å²) in [5, 5.41) is 7.42. The largest absolute Gasteiger partial charge is 0.298 e. The zero-order chi connectivity index (χ0) is 17.1. The highest BCUT2D eigenvalue weighted by molar-refractivity contribution is 5.23. The van der Waals surface area contributed by atoms with Crippen molar-refractivity contribution in [3.8, 4) is 0 Å². The summed E-state index contributed by atoms with van der Waals surface area (Å²) < 4.78 is 27.0. The lowest BCUT2D eigenvalue weighted by molar-refractivity contribution is 0.195. The first-order chi connectivity index (χ1) is 11.5. The Hall–Kier alpha value is -1.75. The summed E-state index contributed by atoms with van der Waals surface area (Å²) in [4.78, 5) is 2.25. The highest BCUT2D eigenvalue weighted by Crippen LogP contribution is 2.29. The van der Waals surface area contributed by atoms with Crippen molar-refractivity contribution < 1.29 is 8.78 Å². The lowest BCUT2D eigenvalue weighted by Crippen LogP contribution is -2.34. The molecule has 130 valence electrons. The molecule has 1 N–H and O–H groups in total. The number of rotatable bonds is 5. The number of hydrogen-bond acceptors (Lipinski definition) is 2. The van der Waals surface area contributed by atoms with Gasteiger partial charge in [-0.2, -0.15) is 5.10 Å². The van der Waals surface area contributed by atoms with Crippen molar-refractivity contribution in [2.24, 2.45) is 5.92 Å². The van der Waals surface area contributed by atoms with Crippen molar-refractivity contribution in [3.05, 3.63) is 52.9 Å². The second-order valence-electron chi connectivity index (χ2n) is 7.22. The summed E-state index contributed by atoms with van der Waals surface area (Å²) in [5.41, 5.74) is 3.09. The Balaban J connectivity index is 1.69. The Labute approximate surface area is 142 Å². The van der Waals surface area contributed by atoms with E-state index in [4.69, 9.17) is 0 Å². The molecule has 0 spiro atoms. The molecule has 1 saturated heterocycles. The van der Waals surface area contributed by atoms with E-state index < -0.39 is 11.6 Å². The molecule has 0 saturated carbocycles. The highest BCUT2D eigenvalue weighted by atomic mass is 19.1. The number of halogens is 2. The zero-order valence-electron chi connectivity index (χ0n) is 14.4. The number of H-pyrrole nitrogens is 1. The smallest absolute Gasteiger partial charge is 0.130 e. The number of aromatic amines is 1. The minimum absolute atomic E-state index is 0.401. The van der Waals surface area contributed by atoms with E-state index in [0.717, 1.165) is 38.4 Å². The van der Waals surface area contributed by atoms with Crippen LogP contribution in [0.3, 0.4) is 0 Å². The molecule has 24 heavy (non-hydrogen) atoms. The number of benzene rings is 1. The molecule has 1 aliphatic heterocycles. The van der Waals surface area contributed by atoms with Crippen LogP contribution in [-0.4, -0.2) is 28.2 Å². The molecule has 1 aromatic carbocycles. The van der Waals surface area contributed by atoms with Gasteiger partial charge in [0.15, 0.2) is 0 Å². The fraction of sp³-hybridized carbons (Fsp3) is 0.526. The second-order valence-corrected chi connectivity index (χ2v) is 7.22. The number of nitrogens with one attached hydrogen (secondary N) is 1. The third-order valence-electron chi connectivity index (χ3n) is 4.70. The molecule has 1 atom stereocenters. The molecule has 3 nitrogen and oxygen atoms in total.